The molecule has 0 radical (unpaired) electrons. The van der Waals surface area contributed by atoms with Crippen molar-refractivity contribution >= 4 is 33.2 Å². The number of nitrogen functional groups attached to an aromatic ring is 1. The molecule has 1 aliphatic heterocycles. The lowest BCUT2D eigenvalue weighted by molar-refractivity contribution is -0.117. The second-order valence-electron chi connectivity index (χ2n) is 4.64. The zero-order valence-corrected chi connectivity index (χ0v) is 12.1. The van der Waals surface area contributed by atoms with Crippen LogP contribution in [0.1, 0.15) is 12.0 Å². The number of anilines is 2. The Kier molecular flexibility index (Phi) is 3.97. The number of carbonyl (C=O) groups excluding carboxylic acids is 1. The maximum atomic E-state index is 12.0. The van der Waals surface area contributed by atoms with Crippen LogP contribution in [0.3, 0.4) is 0 Å². The predicted octanol–water partition coefficient (Wildman–Crippen LogP) is 3.00. The first-order chi connectivity index (χ1) is 9.02. The van der Waals surface area contributed by atoms with Gasteiger partial charge in [0, 0.05) is 28.9 Å². The van der Waals surface area contributed by atoms with Gasteiger partial charge in [0.1, 0.15) is 0 Å². The highest BCUT2D eigenvalue weighted by molar-refractivity contribution is 9.10. The number of benzene rings is 1. The summed E-state index contributed by atoms with van der Waals surface area (Å²) < 4.78 is 0.889. The van der Waals surface area contributed by atoms with E-state index in [1.807, 2.05) is 19.1 Å². The molecule has 1 aliphatic rings. The Balaban J connectivity index is 2.28. The smallest absolute Gasteiger partial charge is 0.227 e. The summed E-state index contributed by atoms with van der Waals surface area (Å²) in [6.45, 7) is 2.78. The number of hydrogen-bond acceptors (Lipinski definition) is 3. The quantitative estimate of drug-likeness (QED) is 0.400. The Morgan fingerprint density at radius 3 is 3.05 bits per heavy atom. The van der Waals surface area contributed by atoms with E-state index in [1.54, 1.807) is 4.90 Å². The van der Waals surface area contributed by atoms with Gasteiger partial charge in [0.2, 0.25) is 5.91 Å². The molecular weight excluding hydrogens is 310 g/mol. The number of aryl methyl sites for hydroxylation is 1. The van der Waals surface area contributed by atoms with E-state index in [-0.39, 0.29) is 11.8 Å². The second kappa shape index (κ2) is 5.50. The van der Waals surface area contributed by atoms with Crippen LogP contribution < -0.4 is 10.6 Å². The Hall–Kier alpha value is -1.72. The van der Waals surface area contributed by atoms with Gasteiger partial charge in [-0.2, -0.15) is 0 Å². The van der Waals surface area contributed by atoms with Gasteiger partial charge in [-0.15, -0.1) is 0 Å². The lowest BCUT2D eigenvalue weighted by atomic mass is 10.1. The molecule has 0 spiro atoms. The fourth-order valence-corrected chi connectivity index (χ4v) is 2.81. The molecule has 1 aromatic rings. The molecule has 100 valence electrons. The molecule has 1 aromatic carbocycles. The SMILES string of the molecule is Cc1cc(Br)cc(N2CC(CN=[N+]=[N-])CC2=O)c1N. The van der Waals surface area contributed by atoms with Crippen molar-refractivity contribution in [2.24, 2.45) is 11.0 Å². The molecule has 2 N–H and O–H groups in total. The molecule has 1 fully saturated rings. The lowest BCUT2D eigenvalue weighted by Crippen LogP contribution is -2.26. The first-order valence-electron chi connectivity index (χ1n) is 5.89. The Morgan fingerprint density at radius 2 is 2.37 bits per heavy atom. The molecule has 1 unspecified atom stereocenters. The van der Waals surface area contributed by atoms with Gasteiger partial charge < -0.3 is 10.6 Å². The number of halogens is 1. The molecule has 1 heterocycles. The van der Waals surface area contributed by atoms with E-state index in [9.17, 15) is 4.79 Å². The standard InChI is InChI=1S/C12H14BrN5O/c1-7-2-9(13)4-10(12(7)14)18-6-8(3-11(18)19)5-16-17-15/h2,4,8H,3,5-6,14H2,1H3. The second-order valence-corrected chi connectivity index (χ2v) is 5.56. The minimum absolute atomic E-state index is 0.0161. The van der Waals surface area contributed by atoms with Gasteiger partial charge in [-0.25, -0.2) is 0 Å². The van der Waals surface area contributed by atoms with Crippen LogP contribution in [0, 0.1) is 12.8 Å². The molecule has 0 saturated carbocycles. The Labute approximate surface area is 119 Å². The third-order valence-electron chi connectivity index (χ3n) is 3.23. The number of nitrogens with zero attached hydrogens (tertiary/aromatic N) is 4. The van der Waals surface area contributed by atoms with Gasteiger partial charge in [0.05, 0.1) is 11.4 Å². The first-order valence-corrected chi connectivity index (χ1v) is 6.69. The highest BCUT2D eigenvalue weighted by Gasteiger charge is 2.31. The van der Waals surface area contributed by atoms with Crippen LogP contribution in [0.2, 0.25) is 0 Å². The highest BCUT2D eigenvalue weighted by Crippen LogP contribution is 2.34. The van der Waals surface area contributed by atoms with E-state index < -0.39 is 0 Å². The van der Waals surface area contributed by atoms with Crippen molar-refractivity contribution in [2.45, 2.75) is 13.3 Å². The van der Waals surface area contributed by atoms with Gasteiger partial charge in [-0.3, -0.25) is 4.79 Å². The molecule has 6 nitrogen and oxygen atoms in total. The summed E-state index contributed by atoms with van der Waals surface area (Å²) in [4.78, 5) is 16.4. The minimum atomic E-state index is 0.0161. The predicted molar refractivity (Wildman–Crippen MR) is 77.8 cm³/mol. The van der Waals surface area contributed by atoms with E-state index >= 15 is 0 Å². The van der Waals surface area contributed by atoms with E-state index in [1.165, 1.54) is 0 Å². The first kappa shape index (κ1) is 13.7. The number of azide groups is 1. The van der Waals surface area contributed by atoms with Crippen LogP contribution in [-0.2, 0) is 4.79 Å². The van der Waals surface area contributed by atoms with Crippen molar-refractivity contribution in [1.29, 1.82) is 0 Å². The summed E-state index contributed by atoms with van der Waals surface area (Å²) in [5, 5.41) is 3.54. The van der Waals surface area contributed by atoms with Crippen molar-refractivity contribution < 1.29 is 4.79 Å². The van der Waals surface area contributed by atoms with Crippen LogP contribution >= 0.6 is 15.9 Å². The number of hydrogen-bond donors (Lipinski definition) is 1. The highest BCUT2D eigenvalue weighted by atomic mass is 79.9. The van der Waals surface area contributed by atoms with Crippen molar-refractivity contribution in [1.82, 2.24) is 0 Å². The molecule has 1 amide bonds. The fourth-order valence-electron chi connectivity index (χ4n) is 2.25. The molecule has 0 bridgehead atoms. The van der Waals surface area contributed by atoms with Crippen molar-refractivity contribution in [3.63, 3.8) is 0 Å². The maximum absolute atomic E-state index is 12.0. The molecule has 2 rings (SSSR count). The molecular formula is C12H14BrN5O. The zero-order chi connectivity index (χ0) is 14.0. The summed E-state index contributed by atoms with van der Waals surface area (Å²) >= 11 is 3.41. The summed E-state index contributed by atoms with van der Waals surface area (Å²) in [6.07, 6.45) is 0.393. The van der Waals surface area contributed by atoms with Gasteiger partial charge >= 0.3 is 0 Å². The molecule has 0 aromatic heterocycles. The third-order valence-corrected chi connectivity index (χ3v) is 3.69. The number of rotatable bonds is 3. The Morgan fingerprint density at radius 1 is 1.63 bits per heavy atom. The van der Waals surface area contributed by atoms with Crippen molar-refractivity contribution in [3.05, 3.63) is 32.6 Å². The molecule has 0 aliphatic carbocycles. The summed E-state index contributed by atoms with van der Waals surface area (Å²) in [7, 11) is 0. The largest absolute Gasteiger partial charge is 0.397 e. The molecule has 1 atom stereocenters. The van der Waals surface area contributed by atoms with E-state index in [2.05, 4.69) is 26.0 Å². The van der Waals surface area contributed by atoms with E-state index in [4.69, 9.17) is 11.3 Å². The monoisotopic (exact) mass is 323 g/mol. The van der Waals surface area contributed by atoms with Gasteiger partial charge in [0.25, 0.3) is 0 Å². The van der Waals surface area contributed by atoms with Crippen LogP contribution in [0.15, 0.2) is 21.7 Å². The third kappa shape index (κ3) is 2.83. The van der Waals surface area contributed by atoms with Crippen molar-refractivity contribution in [3.8, 4) is 0 Å². The minimum Gasteiger partial charge on any atom is -0.397 e. The van der Waals surface area contributed by atoms with Crippen LogP contribution in [0.25, 0.3) is 10.4 Å². The number of amides is 1. The summed E-state index contributed by atoms with van der Waals surface area (Å²) in [6, 6.07) is 3.76. The summed E-state index contributed by atoms with van der Waals surface area (Å²) in [5.74, 6) is 0.0735. The molecule has 7 heteroatoms. The van der Waals surface area contributed by atoms with Crippen LogP contribution in [0.5, 0.6) is 0 Å². The number of carbonyl (C=O) groups is 1. The lowest BCUT2D eigenvalue weighted by Gasteiger charge is -2.20. The van der Waals surface area contributed by atoms with E-state index in [0.29, 0.717) is 25.2 Å². The zero-order valence-electron chi connectivity index (χ0n) is 10.5. The average Bonchev–Trinajstić information content (AvgIpc) is 2.72. The van der Waals surface area contributed by atoms with Crippen LogP contribution in [-0.4, -0.2) is 19.0 Å². The van der Waals surface area contributed by atoms with Crippen molar-refractivity contribution in [2.75, 3.05) is 23.7 Å². The van der Waals surface area contributed by atoms with Gasteiger partial charge in [0.15, 0.2) is 0 Å². The maximum Gasteiger partial charge on any atom is 0.227 e. The average molecular weight is 324 g/mol. The number of nitrogens with two attached hydrogens (primary N) is 1. The summed E-state index contributed by atoms with van der Waals surface area (Å²) in [5.41, 5.74) is 16.6. The Bertz CT molecular complexity index is 567. The molecule has 19 heavy (non-hydrogen) atoms. The van der Waals surface area contributed by atoms with Gasteiger partial charge in [-0.1, -0.05) is 21.0 Å². The topological polar surface area (TPSA) is 95.1 Å². The van der Waals surface area contributed by atoms with Crippen LogP contribution in [0.4, 0.5) is 11.4 Å². The fraction of sp³-hybridized carbons (Fsp3) is 0.417. The normalized spacial score (nSPS) is 18.5. The van der Waals surface area contributed by atoms with Gasteiger partial charge in [-0.05, 0) is 36.1 Å². The molecule has 1 saturated heterocycles. The van der Waals surface area contributed by atoms with E-state index in [0.717, 1.165) is 15.7 Å².